The number of nitrogens with zero attached hydrogens (tertiary/aromatic N) is 1. The van der Waals surface area contributed by atoms with Crippen LogP contribution < -0.4 is 16.4 Å². The van der Waals surface area contributed by atoms with Crippen molar-refractivity contribution in [3.05, 3.63) is 59.0 Å². The molecule has 0 spiro atoms. The number of sulfone groups is 2. The molecule has 0 saturated heterocycles. The molecule has 0 fully saturated rings. The normalized spacial score (nSPS) is 11.9. The molecular formula is C26H33N5O4S4. The van der Waals surface area contributed by atoms with Gasteiger partial charge in [-0.2, -0.15) is 0 Å². The number of unbranched alkanes of at least 4 members (excludes halogenated alkanes) is 2. The van der Waals surface area contributed by atoms with E-state index in [1.807, 2.05) is 31.2 Å². The minimum absolute atomic E-state index is 0.108. The maximum atomic E-state index is 13.5. The summed E-state index contributed by atoms with van der Waals surface area (Å²) in [5.41, 5.74) is 14.6. The third-order valence-corrected chi connectivity index (χ3v) is 11.4. The third kappa shape index (κ3) is 7.62. The second-order valence-corrected chi connectivity index (χ2v) is 15.4. The van der Waals surface area contributed by atoms with Crippen LogP contribution in [-0.4, -0.2) is 53.4 Å². The van der Waals surface area contributed by atoms with Crippen LogP contribution in [0.4, 0.5) is 5.69 Å². The number of thiophene rings is 1. The SMILES string of the molecule is CSc1sc(C(=N)N)cc1S(=O)(=O)c1cccc(-c2ccc(N(CCCCCS(C)(=O)=O)C(=N)N)cc2C)c1. The van der Waals surface area contributed by atoms with E-state index < -0.39 is 19.7 Å². The lowest BCUT2D eigenvalue weighted by Crippen LogP contribution is -2.37. The first kappa shape index (κ1) is 30.7. The number of nitrogens with one attached hydrogen (secondary N) is 2. The Kier molecular flexibility index (Phi) is 9.86. The number of thioether (sulfide) groups is 1. The summed E-state index contributed by atoms with van der Waals surface area (Å²) in [5.74, 6) is -0.142. The van der Waals surface area contributed by atoms with E-state index in [1.165, 1.54) is 35.4 Å². The molecule has 0 saturated carbocycles. The minimum Gasteiger partial charge on any atom is -0.383 e. The monoisotopic (exact) mass is 607 g/mol. The number of nitrogen functional groups attached to an aromatic ring is 1. The molecule has 39 heavy (non-hydrogen) atoms. The quantitative estimate of drug-likeness (QED) is 0.101. The Balaban J connectivity index is 1.87. The van der Waals surface area contributed by atoms with Gasteiger partial charge in [-0.3, -0.25) is 10.8 Å². The minimum atomic E-state index is -3.85. The molecule has 2 aromatic carbocycles. The van der Waals surface area contributed by atoms with Crippen molar-refractivity contribution in [2.75, 3.05) is 29.7 Å². The molecular weight excluding hydrogens is 575 g/mol. The maximum Gasteiger partial charge on any atom is 0.208 e. The van der Waals surface area contributed by atoms with Gasteiger partial charge in [-0.05, 0) is 73.0 Å². The summed E-state index contributed by atoms with van der Waals surface area (Å²) in [6.07, 6.45) is 4.95. The number of anilines is 1. The van der Waals surface area contributed by atoms with Crippen LogP contribution in [0.5, 0.6) is 0 Å². The lowest BCUT2D eigenvalue weighted by Gasteiger charge is -2.24. The summed E-state index contributed by atoms with van der Waals surface area (Å²) in [6, 6.07) is 13.8. The van der Waals surface area contributed by atoms with Crippen molar-refractivity contribution >= 4 is 60.3 Å². The van der Waals surface area contributed by atoms with Crippen LogP contribution in [0.3, 0.4) is 0 Å². The van der Waals surface area contributed by atoms with Gasteiger partial charge in [0.15, 0.2) is 5.96 Å². The standard InChI is InChI=1S/C26H33N5O4S4/c1-17-14-19(31(26(29)30)12-5-4-6-13-38(3,32)33)10-11-21(17)18-8-7-9-20(15-18)39(34,35)23-16-22(24(27)28)37-25(23)36-2/h7-11,14-16H,4-6,12-13H2,1-3H3,(H3,27,28)(H3,29,30). The fourth-order valence-electron chi connectivity index (χ4n) is 4.12. The van der Waals surface area contributed by atoms with E-state index in [9.17, 15) is 16.8 Å². The first-order valence-corrected chi connectivity index (χ1v) is 17.6. The van der Waals surface area contributed by atoms with Gasteiger partial charge >= 0.3 is 0 Å². The van der Waals surface area contributed by atoms with Gasteiger partial charge in [0.25, 0.3) is 0 Å². The molecule has 0 aliphatic rings. The number of amidine groups is 1. The first-order chi connectivity index (χ1) is 18.2. The number of nitrogens with two attached hydrogens (primary N) is 2. The Morgan fingerprint density at radius 3 is 2.31 bits per heavy atom. The van der Waals surface area contributed by atoms with Gasteiger partial charge in [0.2, 0.25) is 9.84 Å². The zero-order chi connectivity index (χ0) is 29.0. The maximum absolute atomic E-state index is 13.5. The second kappa shape index (κ2) is 12.5. The van der Waals surface area contributed by atoms with Crippen molar-refractivity contribution in [1.29, 1.82) is 10.8 Å². The fraction of sp³-hybridized carbons (Fsp3) is 0.308. The van der Waals surface area contributed by atoms with E-state index in [-0.39, 0.29) is 27.3 Å². The molecule has 0 radical (unpaired) electrons. The molecule has 6 N–H and O–H groups in total. The molecule has 1 heterocycles. The zero-order valence-electron chi connectivity index (χ0n) is 22.0. The number of hydrogen-bond acceptors (Lipinski definition) is 8. The Morgan fingerprint density at radius 1 is 1.00 bits per heavy atom. The van der Waals surface area contributed by atoms with Crippen molar-refractivity contribution in [1.82, 2.24) is 0 Å². The van der Waals surface area contributed by atoms with Gasteiger partial charge < -0.3 is 16.4 Å². The van der Waals surface area contributed by atoms with Gasteiger partial charge in [-0.25, -0.2) is 16.8 Å². The number of guanidine groups is 1. The van der Waals surface area contributed by atoms with Crippen LogP contribution in [0.2, 0.25) is 0 Å². The summed E-state index contributed by atoms with van der Waals surface area (Å²) in [4.78, 5) is 2.37. The van der Waals surface area contributed by atoms with Gasteiger partial charge in [-0.1, -0.05) is 24.6 Å². The number of benzene rings is 2. The first-order valence-electron chi connectivity index (χ1n) is 12.0. The van der Waals surface area contributed by atoms with E-state index in [0.29, 0.717) is 34.9 Å². The van der Waals surface area contributed by atoms with Crippen LogP contribution in [-0.2, 0) is 19.7 Å². The van der Waals surface area contributed by atoms with Gasteiger partial charge in [-0.15, -0.1) is 23.1 Å². The molecule has 0 aliphatic carbocycles. The molecule has 0 aliphatic heterocycles. The average Bonchev–Trinajstić information content (AvgIpc) is 3.31. The number of hydrogen-bond donors (Lipinski definition) is 4. The molecule has 13 heteroatoms. The van der Waals surface area contributed by atoms with E-state index in [0.717, 1.165) is 22.4 Å². The smallest absolute Gasteiger partial charge is 0.208 e. The van der Waals surface area contributed by atoms with Crippen LogP contribution in [0.1, 0.15) is 29.7 Å². The highest BCUT2D eigenvalue weighted by atomic mass is 32.2. The zero-order valence-corrected chi connectivity index (χ0v) is 25.3. The Labute approximate surface area is 238 Å². The molecule has 3 aromatic rings. The highest BCUT2D eigenvalue weighted by Gasteiger charge is 2.25. The lowest BCUT2D eigenvalue weighted by molar-refractivity contribution is 0.593. The third-order valence-electron chi connectivity index (χ3n) is 6.07. The Bertz CT molecular complexity index is 1600. The lowest BCUT2D eigenvalue weighted by atomic mass is 10.00. The summed E-state index contributed by atoms with van der Waals surface area (Å²) in [5, 5.41) is 15.7. The van der Waals surface area contributed by atoms with Crippen LogP contribution in [0, 0.1) is 17.7 Å². The molecule has 0 bridgehead atoms. The summed E-state index contributed by atoms with van der Waals surface area (Å²) < 4.78 is 50.3. The highest BCUT2D eigenvalue weighted by molar-refractivity contribution is 8.01. The van der Waals surface area contributed by atoms with Gasteiger partial charge in [0, 0.05) is 24.2 Å². The van der Waals surface area contributed by atoms with E-state index in [4.69, 9.17) is 22.3 Å². The Morgan fingerprint density at radius 2 is 1.72 bits per heavy atom. The Hall–Kier alpha value is -2.87. The highest BCUT2D eigenvalue weighted by Crippen LogP contribution is 2.38. The van der Waals surface area contributed by atoms with E-state index in [2.05, 4.69) is 0 Å². The molecule has 210 valence electrons. The summed E-state index contributed by atoms with van der Waals surface area (Å²) in [7, 11) is -6.84. The van der Waals surface area contributed by atoms with Crippen molar-refractivity contribution in [2.45, 2.75) is 40.2 Å². The van der Waals surface area contributed by atoms with Gasteiger partial charge in [0.1, 0.15) is 15.7 Å². The summed E-state index contributed by atoms with van der Waals surface area (Å²) in [6.45, 7) is 2.39. The van der Waals surface area contributed by atoms with Crippen LogP contribution in [0.15, 0.2) is 62.5 Å². The van der Waals surface area contributed by atoms with Crippen LogP contribution in [0.25, 0.3) is 11.1 Å². The van der Waals surface area contributed by atoms with E-state index >= 15 is 0 Å². The van der Waals surface area contributed by atoms with Crippen LogP contribution >= 0.6 is 23.1 Å². The number of aryl methyl sites for hydroxylation is 1. The molecule has 0 amide bonds. The average molecular weight is 608 g/mol. The van der Waals surface area contributed by atoms with Crippen molar-refractivity contribution in [3.8, 4) is 11.1 Å². The largest absolute Gasteiger partial charge is 0.383 e. The topological polar surface area (TPSA) is 171 Å². The predicted molar refractivity (Wildman–Crippen MR) is 162 cm³/mol. The number of rotatable bonds is 12. The van der Waals surface area contributed by atoms with Gasteiger partial charge in [0.05, 0.1) is 18.9 Å². The molecule has 0 unspecified atom stereocenters. The predicted octanol–water partition coefficient (Wildman–Crippen LogP) is 4.48. The van der Waals surface area contributed by atoms with Crippen molar-refractivity contribution in [2.24, 2.45) is 11.5 Å². The molecule has 0 atom stereocenters. The molecule has 3 rings (SSSR count). The van der Waals surface area contributed by atoms with E-state index in [1.54, 1.807) is 29.4 Å². The van der Waals surface area contributed by atoms with Crippen molar-refractivity contribution in [3.63, 3.8) is 0 Å². The fourth-order valence-corrected chi connectivity index (χ4v) is 8.75. The molecule has 9 nitrogen and oxygen atoms in total. The molecule has 1 aromatic heterocycles. The summed E-state index contributed by atoms with van der Waals surface area (Å²) >= 11 is 2.49. The van der Waals surface area contributed by atoms with Crippen molar-refractivity contribution < 1.29 is 16.8 Å². The second-order valence-electron chi connectivity index (χ2n) is 9.14.